The molecule has 2 nitrogen and oxygen atoms in total. The van der Waals surface area contributed by atoms with Crippen LogP contribution in [-0.2, 0) is 6.42 Å². The van der Waals surface area contributed by atoms with E-state index in [0.29, 0.717) is 11.8 Å². The lowest BCUT2D eigenvalue weighted by molar-refractivity contribution is 0.472. The normalized spacial score (nSPS) is 13.1. The van der Waals surface area contributed by atoms with E-state index in [0.717, 1.165) is 17.1 Å². The maximum Gasteiger partial charge on any atom is 0.0941 e. The second-order valence-electron chi connectivity index (χ2n) is 4.50. The van der Waals surface area contributed by atoms with E-state index < -0.39 is 0 Å². The Morgan fingerprint density at radius 1 is 1.40 bits per heavy atom. The zero-order valence-corrected chi connectivity index (χ0v) is 10.6. The Labute approximate surface area is 96.0 Å². The van der Waals surface area contributed by atoms with Gasteiger partial charge in [0.1, 0.15) is 0 Å². The first-order valence-electron chi connectivity index (χ1n) is 5.38. The molecule has 1 unspecified atom stereocenters. The lowest BCUT2D eigenvalue weighted by Gasteiger charge is -2.10. The van der Waals surface area contributed by atoms with Gasteiger partial charge in [0, 0.05) is 11.8 Å². The van der Waals surface area contributed by atoms with Crippen LogP contribution in [0.2, 0.25) is 0 Å². The fraction of sp³-hybridized carbons (Fsp3) is 0.667. The summed E-state index contributed by atoms with van der Waals surface area (Å²) in [5.74, 6) is 0.979. The van der Waals surface area contributed by atoms with Crippen LogP contribution in [0.4, 0.5) is 0 Å². The van der Waals surface area contributed by atoms with Crippen molar-refractivity contribution in [1.82, 2.24) is 4.98 Å². The van der Waals surface area contributed by atoms with Gasteiger partial charge in [0.05, 0.1) is 22.7 Å². The summed E-state index contributed by atoms with van der Waals surface area (Å²) in [6.45, 7) is 8.46. The molecule has 0 aliphatic rings. The van der Waals surface area contributed by atoms with Gasteiger partial charge in [-0.2, -0.15) is 5.26 Å². The summed E-state index contributed by atoms with van der Waals surface area (Å²) < 4.78 is 0. The van der Waals surface area contributed by atoms with E-state index in [9.17, 15) is 0 Å². The summed E-state index contributed by atoms with van der Waals surface area (Å²) in [7, 11) is 0. The largest absolute Gasteiger partial charge is 0.246 e. The molecular weight excluding hydrogens is 204 g/mol. The van der Waals surface area contributed by atoms with E-state index in [1.165, 1.54) is 0 Å². The van der Waals surface area contributed by atoms with E-state index >= 15 is 0 Å². The van der Waals surface area contributed by atoms with Gasteiger partial charge in [-0.25, -0.2) is 4.98 Å². The molecule has 1 aromatic heterocycles. The van der Waals surface area contributed by atoms with E-state index in [4.69, 9.17) is 5.26 Å². The van der Waals surface area contributed by atoms with Crippen molar-refractivity contribution in [3.8, 4) is 6.07 Å². The molecule has 82 valence electrons. The van der Waals surface area contributed by atoms with Gasteiger partial charge in [0.2, 0.25) is 0 Å². The number of aromatic nitrogens is 1. The lowest BCUT2D eigenvalue weighted by atomic mass is 9.94. The predicted molar refractivity (Wildman–Crippen MR) is 63.8 cm³/mol. The van der Waals surface area contributed by atoms with Crippen molar-refractivity contribution in [3.63, 3.8) is 0 Å². The van der Waals surface area contributed by atoms with Crippen LogP contribution in [0.5, 0.6) is 0 Å². The molecule has 0 radical (unpaired) electrons. The van der Waals surface area contributed by atoms with Gasteiger partial charge in [0.15, 0.2) is 0 Å². The van der Waals surface area contributed by atoms with Gasteiger partial charge < -0.3 is 0 Å². The molecule has 0 spiro atoms. The Balaban J connectivity index is 2.68. The summed E-state index contributed by atoms with van der Waals surface area (Å²) >= 11 is 1.68. The van der Waals surface area contributed by atoms with Crippen LogP contribution in [0.3, 0.4) is 0 Å². The molecule has 1 atom stereocenters. The fourth-order valence-electron chi connectivity index (χ4n) is 1.30. The van der Waals surface area contributed by atoms with Crippen LogP contribution in [0.15, 0.2) is 5.38 Å². The third kappa shape index (κ3) is 3.32. The molecule has 0 fully saturated rings. The fourth-order valence-corrected chi connectivity index (χ4v) is 2.32. The topological polar surface area (TPSA) is 36.7 Å². The first kappa shape index (κ1) is 12.2. The first-order chi connectivity index (χ1) is 7.04. The molecule has 1 heterocycles. The average molecular weight is 222 g/mol. The highest BCUT2D eigenvalue weighted by Crippen LogP contribution is 2.22. The second kappa shape index (κ2) is 5.27. The maximum atomic E-state index is 9.00. The van der Waals surface area contributed by atoms with Crippen LogP contribution in [0.25, 0.3) is 0 Å². The molecule has 0 saturated heterocycles. The number of nitrogens with zero attached hydrogens (tertiary/aromatic N) is 2. The molecule has 0 aliphatic heterocycles. The van der Waals surface area contributed by atoms with Crippen molar-refractivity contribution in [2.75, 3.05) is 0 Å². The summed E-state index contributed by atoms with van der Waals surface area (Å²) in [5.41, 5.74) is 1.15. The zero-order valence-electron chi connectivity index (χ0n) is 9.82. The van der Waals surface area contributed by atoms with Crippen LogP contribution >= 0.6 is 11.3 Å². The van der Waals surface area contributed by atoms with E-state index in [1.54, 1.807) is 11.3 Å². The number of hydrogen-bond acceptors (Lipinski definition) is 3. The van der Waals surface area contributed by atoms with Gasteiger partial charge in [-0.15, -0.1) is 11.3 Å². The van der Waals surface area contributed by atoms with Crippen molar-refractivity contribution in [3.05, 3.63) is 16.1 Å². The van der Waals surface area contributed by atoms with Crippen LogP contribution in [0.1, 0.15) is 44.3 Å². The van der Waals surface area contributed by atoms with Gasteiger partial charge in [-0.05, 0) is 11.8 Å². The summed E-state index contributed by atoms with van der Waals surface area (Å²) in [6, 6.07) is 2.36. The molecule has 0 aromatic carbocycles. The molecular formula is C12H18N2S. The van der Waals surface area contributed by atoms with Crippen molar-refractivity contribution in [2.45, 2.75) is 40.0 Å². The molecule has 15 heavy (non-hydrogen) atoms. The minimum atomic E-state index is 0.0937. The smallest absolute Gasteiger partial charge is 0.0941 e. The number of thiazole rings is 1. The lowest BCUT2D eigenvalue weighted by Crippen LogP contribution is -2.09. The summed E-state index contributed by atoms with van der Waals surface area (Å²) in [4.78, 5) is 4.55. The number of hydrogen-bond donors (Lipinski definition) is 0. The Kier molecular flexibility index (Phi) is 4.28. The maximum absolute atomic E-state index is 9.00. The highest BCUT2D eigenvalue weighted by molar-refractivity contribution is 7.09. The Morgan fingerprint density at radius 3 is 2.47 bits per heavy atom. The molecule has 0 amide bonds. The van der Waals surface area contributed by atoms with Crippen LogP contribution < -0.4 is 0 Å². The molecule has 0 aliphatic carbocycles. The van der Waals surface area contributed by atoms with E-state index in [2.05, 4.69) is 44.1 Å². The Bertz CT molecular complexity index is 347. The summed E-state index contributed by atoms with van der Waals surface area (Å²) in [5, 5.41) is 12.2. The highest BCUT2D eigenvalue weighted by Gasteiger charge is 2.15. The number of rotatable bonds is 4. The molecule has 1 aromatic rings. The quantitative estimate of drug-likeness (QED) is 0.780. The Morgan fingerprint density at radius 2 is 2.07 bits per heavy atom. The summed E-state index contributed by atoms with van der Waals surface area (Å²) in [6.07, 6.45) is 0.797. The average Bonchev–Trinajstić information content (AvgIpc) is 2.61. The predicted octanol–water partition coefficient (Wildman–Crippen LogP) is 3.60. The van der Waals surface area contributed by atoms with Gasteiger partial charge >= 0.3 is 0 Å². The van der Waals surface area contributed by atoms with E-state index in [1.807, 2.05) is 0 Å². The zero-order chi connectivity index (χ0) is 11.4. The Hall–Kier alpha value is -0.880. The van der Waals surface area contributed by atoms with Crippen molar-refractivity contribution < 1.29 is 0 Å². The molecule has 1 rings (SSSR count). The minimum absolute atomic E-state index is 0.0937. The third-order valence-electron chi connectivity index (χ3n) is 2.53. The molecule has 0 saturated carbocycles. The second-order valence-corrected chi connectivity index (χ2v) is 5.45. The van der Waals surface area contributed by atoms with Gasteiger partial charge in [0.25, 0.3) is 0 Å². The third-order valence-corrected chi connectivity index (χ3v) is 3.42. The van der Waals surface area contributed by atoms with Crippen molar-refractivity contribution >= 4 is 11.3 Å². The van der Waals surface area contributed by atoms with Crippen LogP contribution in [-0.4, -0.2) is 4.98 Å². The highest BCUT2D eigenvalue weighted by atomic mass is 32.1. The first-order valence-corrected chi connectivity index (χ1v) is 6.26. The SMILES string of the molecule is CC(C)c1csc(CC(C#N)C(C)C)n1. The molecule has 3 heteroatoms. The number of nitriles is 1. The van der Waals surface area contributed by atoms with Crippen molar-refractivity contribution in [2.24, 2.45) is 11.8 Å². The molecule has 0 N–H and O–H groups in total. The van der Waals surface area contributed by atoms with Crippen molar-refractivity contribution in [1.29, 1.82) is 5.26 Å². The van der Waals surface area contributed by atoms with E-state index in [-0.39, 0.29) is 5.92 Å². The van der Waals surface area contributed by atoms with Gasteiger partial charge in [-0.3, -0.25) is 0 Å². The monoisotopic (exact) mass is 222 g/mol. The van der Waals surface area contributed by atoms with Gasteiger partial charge in [-0.1, -0.05) is 27.7 Å². The minimum Gasteiger partial charge on any atom is -0.246 e. The molecule has 0 bridgehead atoms. The standard InChI is InChI=1S/C12H18N2S/c1-8(2)10(6-13)5-12-14-11(7-15-12)9(3)4/h7-10H,5H2,1-4H3. The van der Waals surface area contributed by atoms with Crippen LogP contribution in [0, 0.1) is 23.2 Å².